The largest absolute Gasteiger partial charge is 0.379 e. The lowest BCUT2D eigenvalue weighted by molar-refractivity contribution is 1.12. The van der Waals surface area contributed by atoms with Gasteiger partial charge >= 0.3 is 0 Å². The number of rotatable bonds is 3. The van der Waals surface area contributed by atoms with E-state index in [1.807, 2.05) is 6.20 Å². The Morgan fingerprint density at radius 1 is 1.10 bits per heavy atom. The van der Waals surface area contributed by atoms with E-state index in [4.69, 9.17) is 0 Å². The van der Waals surface area contributed by atoms with Crippen molar-refractivity contribution in [2.75, 3.05) is 5.32 Å². The van der Waals surface area contributed by atoms with E-state index < -0.39 is 0 Å². The molecule has 0 atom stereocenters. The molecule has 0 saturated heterocycles. The summed E-state index contributed by atoms with van der Waals surface area (Å²) < 4.78 is 1.00. The van der Waals surface area contributed by atoms with Gasteiger partial charge in [-0.3, -0.25) is 4.98 Å². The average molecular weight is 327 g/mol. The molecule has 0 bridgehead atoms. The van der Waals surface area contributed by atoms with Crippen LogP contribution in [0.2, 0.25) is 0 Å². The third kappa shape index (κ3) is 2.68. The summed E-state index contributed by atoms with van der Waals surface area (Å²) in [6, 6.07) is 16.7. The number of hydrogen-bond donors (Lipinski definition) is 1. The zero-order valence-electron chi connectivity index (χ0n) is 11.2. The van der Waals surface area contributed by atoms with Crippen LogP contribution in [0.5, 0.6) is 0 Å². The van der Waals surface area contributed by atoms with Gasteiger partial charge in [0.25, 0.3) is 0 Å². The van der Waals surface area contributed by atoms with Crippen LogP contribution in [0.15, 0.2) is 59.2 Å². The summed E-state index contributed by atoms with van der Waals surface area (Å²) in [5.74, 6) is 0. The van der Waals surface area contributed by atoms with Crippen LogP contribution in [0.4, 0.5) is 5.69 Å². The average Bonchev–Trinajstić information content (AvgIpc) is 2.46. The Kier molecular flexibility index (Phi) is 3.70. The number of nitrogens with zero attached hydrogens (tertiary/aromatic N) is 1. The molecule has 0 saturated carbocycles. The Morgan fingerprint density at radius 3 is 2.80 bits per heavy atom. The van der Waals surface area contributed by atoms with Crippen molar-refractivity contribution in [3.63, 3.8) is 0 Å². The summed E-state index contributed by atoms with van der Waals surface area (Å²) in [5, 5.41) is 4.62. The van der Waals surface area contributed by atoms with E-state index in [0.29, 0.717) is 0 Å². The van der Waals surface area contributed by atoms with Crippen LogP contribution in [0.25, 0.3) is 10.9 Å². The molecule has 2 nitrogen and oxygen atoms in total. The Labute approximate surface area is 127 Å². The molecular formula is C17H15BrN2. The van der Waals surface area contributed by atoms with Crippen molar-refractivity contribution in [2.24, 2.45) is 0 Å². The summed E-state index contributed by atoms with van der Waals surface area (Å²) in [7, 11) is 0. The summed E-state index contributed by atoms with van der Waals surface area (Å²) in [4.78, 5) is 4.51. The molecule has 100 valence electrons. The highest BCUT2D eigenvalue weighted by Gasteiger charge is 2.03. The second-order valence-electron chi connectivity index (χ2n) is 4.81. The van der Waals surface area contributed by atoms with E-state index in [1.54, 1.807) is 0 Å². The van der Waals surface area contributed by atoms with Gasteiger partial charge in [0.1, 0.15) is 0 Å². The lowest BCUT2D eigenvalue weighted by Gasteiger charge is -2.11. The highest BCUT2D eigenvalue weighted by atomic mass is 79.9. The van der Waals surface area contributed by atoms with Gasteiger partial charge in [0.15, 0.2) is 0 Å². The van der Waals surface area contributed by atoms with Gasteiger partial charge in [-0.25, -0.2) is 0 Å². The van der Waals surface area contributed by atoms with Gasteiger partial charge in [0, 0.05) is 22.6 Å². The van der Waals surface area contributed by atoms with Crippen molar-refractivity contribution in [3.05, 3.63) is 70.3 Å². The zero-order chi connectivity index (χ0) is 13.9. The quantitative estimate of drug-likeness (QED) is 0.739. The van der Waals surface area contributed by atoms with Crippen LogP contribution in [0.3, 0.4) is 0 Å². The Bertz CT molecular complexity index is 753. The highest BCUT2D eigenvalue weighted by molar-refractivity contribution is 9.10. The molecule has 0 fully saturated rings. The van der Waals surface area contributed by atoms with Crippen LogP contribution >= 0.6 is 15.9 Å². The predicted octanol–water partition coefficient (Wildman–Crippen LogP) is 4.92. The van der Waals surface area contributed by atoms with Crippen molar-refractivity contribution >= 4 is 32.5 Å². The number of para-hydroxylation sites is 1. The van der Waals surface area contributed by atoms with Crippen molar-refractivity contribution in [2.45, 2.75) is 13.5 Å². The molecule has 0 radical (unpaired) electrons. The molecule has 0 aliphatic carbocycles. The maximum Gasteiger partial charge on any atom is 0.0934 e. The zero-order valence-corrected chi connectivity index (χ0v) is 12.8. The summed E-state index contributed by atoms with van der Waals surface area (Å²) >= 11 is 3.46. The minimum absolute atomic E-state index is 0.809. The summed E-state index contributed by atoms with van der Waals surface area (Å²) in [5.41, 5.74) is 4.68. The van der Waals surface area contributed by atoms with Crippen LogP contribution in [-0.4, -0.2) is 4.98 Å². The Balaban J connectivity index is 1.90. The lowest BCUT2D eigenvalue weighted by atomic mass is 10.1. The molecule has 20 heavy (non-hydrogen) atoms. The minimum Gasteiger partial charge on any atom is -0.379 e. The standard InChI is InChI=1S/C17H15BrN2/c1-12-5-2-3-6-14(12)10-19-16-8-4-7-13-9-15(18)11-20-17(13)16/h2-9,11,19H,10H2,1H3. The molecule has 0 spiro atoms. The fourth-order valence-electron chi connectivity index (χ4n) is 2.28. The lowest BCUT2D eigenvalue weighted by Crippen LogP contribution is -2.02. The molecule has 1 heterocycles. The van der Waals surface area contributed by atoms with Crippen molar-refractivity contribution in [1.82, 2.24) is 4.98 Å². The first kappa shape index (κ1) is 13.1. The van der Waals surface area contributed by atoms with Gasteiger partial charge in [-0.1, -0.05) is 36.4 Å². The maximum absolute atomic E-state index is 4.51. The normalized spacial score (nSPS) is 10.7. The smallest absolute Gasteiger partial charge is 0.0934 e. The van der Waals surface area contributed by atoms with Crippen molar-refractivity contribution < 1.29 is 0 Å². The first-order chi connectivity index (χ1) is 9.74. The Hall–Kier alpha value is -1.87. The number of pyridine rings is 1. The molecule has 0 amide bonds. The van der Waals surface area contributed by atoms with Crippen LogP contribution in [0, 0.1) is 6.92 Å². The molecular weight excluding hydrogens is 312 g/mol. The maximum atomic E-state index is 4.51. The van der Waals surface area contributed by atoms with E-state index in [1.165, 1.54) is 11.1 Å². The second-order valence-corrected chi connectivity index (χ2v) is 5.73. The van der Waals surface area contributed by atoms with Crippen LogP contribution in [-0.2, 0) is 6.54 Å². The third-order valence-corrected chi connectivity index (χ3v) is 3.84. The number of aryl methyl sites for hydroxylation is 1. The van der Waals surface area contributed by atoms with Crippen LogP contribution < -0.4 is 5.32 Å². The molecule has 0 unspecified atom stereocenters. The van der Waals surface area contributed by atoms with Gasteiger partial charge in [-0.05, 0) is 46.1 Å². The van der Waals surface area contributed by atoms with E-state index in [-0.39, 0.29) is 0 Å². The molecule has 3 aromatic rings. The molecule has 3 rings (SSSR count). The topological polar surface area (TPSA) is 24.9 Å². The number of nitrogens with one attached hydrogen (secondary N) is 1. The molecule has 1 aromatic heterocycles. The summed E-state index contributed by atoms with van der Waals surface area (Å²) in [6.07, 6.45) is 1.83. The first-order valence-corrected chi connectivity index (χ1v) is 7.36. The second kappa shape index (κ2) is 5.63. The van der Waals surface area contributed by atoms with Crippen LogP contribution in [0.1, 0.15) is 11.1 Å². The van der Waals surface area contributed by atoms with Gasteiger partial charge < -0.3 is 5.32 Å². The van der Waals surface area contributed by atoms with Gasteiger partial charge in [0.05, 0.1) is 11.2 Å². The fourth-order valence-corrected chi connectivity index (χ4v) is 2.62. The number of hydrogen-bond acceptors (Lipinski definition) is 2. The summed E-state index contributed by atoms with van der Waals surface area (Å²) in [6.45, 7) is 2.94. The van der Waals surface area contributed by atoms with E-state index in [0.717, 1.165) is 27.6 Å². The minimum atomic E-state index is 0.809. The molecule has 2 aromatic carbocycles. The number of aromatic nitrogens is 1. The van der Waals surface area contributed by atoms with Gasteiger partial charge in [-0.2, -0.15) is 0 Å². The number of anilines is 1. The molecule has 1 N–H and O–H groups in total. The van der Waals surface area contributed by atoms with E-state index in [9.17, 15) is 0 Å². The van der Waals surface area contributed by atoms with Gasteiger partial charge in [0.2, 0.25) is 0 Å². The third-order valence-electron chi connectivity index (χ3n) is 3.41. The van der Waals surface area contributed by atoms with E-state index >= 15 is 0 Å². The number of benzene rings is 2. The highest BCUT2D eigenvalue weighted by Crippen LogP contribution is 2.24. The molecule has 0 aliphatic rings. The monoisotopic (exact) mass is 326 g/mol. The SMILES string of the molecule is Cc1ccccc1CNc1cccc2cc(Br)cnc12. The number of fused-ring (bicyclic) bond motifs is 1. The van der Waals surface area contributed by atoms with Crippen molar-refractivity contribution in [3.8, 4) is 0 Å². The molecule has 0 aliphatic heterocycles. The van der Waals surface area contributed by atoms with Gasteiger partial charge in [-0.15, -0.1) is 0 Å². The molecule has 3 heteroatoms. The Morgan fingerprint density at radius 2 is 1.95 bits per heavy atom. The van der Waals surface area contributed by atoms with E-state index in [2.05, 4.69) is 81.7 Å². The first-order valence-electron chi connectivity index (χ1n) is 6.57. The number of halogens is 1. The van der Waals surface area contributed by atoms with Crippen molar-refractivity contribution in [1.29, 1.82) is 0 Å². The fraction of sp³-hybridized carbons (Fsp3) is 0.118. The predicted molar refractivity (Wildman–Crippen MR) is 87.9 cm³/mol.